The second-order valence-electron chi connectivity index (χ2n) is 3.44. The quantitative estimate of drug-likeness (QED) is 0.627. The maximum absolute atomic E-state index is 11.5. The summed E-state index contributed by atoms with van der Waals surface area (Å²) < 4.78 is 26.7. The first-order valence-electron chi connectivity index (χ1n) is 4.33. The third kappa shape index (κ3) is 2.91. The standard InChI is InChI=1S/C7H16N2O3S/c1-6(5-10)9(2)13(11,12)8-7-3-4-7/h6-8,10H,3-5H2,1-2H3. The summed E-state index contributed by atoms with van der Waals surface area (Å²) in [4.78, 5) is 0. The van der Waals surface area contributed by atoms with Crippen LogP contribution < -0.4 is 4.72 Å². The van der Waals surface area contributed by atoms with Crippen LogP contribution in [0.5, 0.6) is 0 Å². The van der Waals surface area contributed by atoms with Crippen molar-refractivity contribution in [3.8, 4) is 0 Å². The van der Waals surface area contributed by atoms with Crippen LogP contribution in [0.4, 0.5) is 0 Å². The van der Waals surface area contributed by atoms with Crippen molar-refractivity contribution in [2.75, 3.05) is 13.7 Å². The molecule has 0 aromatic rings. The first kappa shape index (κ1) is 10.9. The molecule has 0 aromatic heterocycles. The number of likely N-dealkylation sites (N-methyl/N-ethyl adjacent to an activating group) is 1. The molecule has 1 fully saturated rings. The molecule has 5 nitrogen and oxygen atoms in total. The average molecular weight is 208 g/mol. The van der Waals surface area contributed by atoms with E-state index in [0.717, 1.165) is 17.1 Å². The van der Waals surface area contributed by atoms with Crippen LogP contribution in [0.25, 0.3) is 0 Å². The maximum atomic E-state index is 11.5. The van der Waals surface area contributed by atoms with Gasteiger partial charge in [-0.2, -0.15) is 17.4 Å². The number of rotatable bonds is 5. The Hall–Kier alpha value is -0.170. The molecule has 1 saturated carbocycles. The van der Waals surface area contributed by atoms with Gasteiger partial charge in [-0.25, -0.2) is 0 Å². The highest BCUT2D eigenvalue weighted by molar-refractivity contribution is 7.87. The van der Waals surface area contributed by atoms with Crippen LogP contribution in [0.2, 0.25) is 0 Å². The lowest BCUT2D eigenvalue weighted by molar-refractivity contribution is 0.212. The number of hydrogen-bond acceptors (Lipinski definition) is 3. The fourth-order valence-electron chi connectivity index (χ4n) is 0.847. The van der Waals surface area contributed by atoms with E-state index in [4.69, 9.17) is 5.11 Å². The van der Waals surface area contributed by atoms with Gasteiger partial charge in [-0.1, -0.05) is 0 Å². The van der Waals surface area contributed by atoms with Gasteiger partial charge in [0.1, 0.15) is 0 Å². The maximum Gasteiger partial charge on any atom is 0.279 e. The molecule has 13 heavy (non-hydrogen) atoms. The number of nitrogens with zero attached hydrogens (tertiary/aromatic N) is 1. The summed E-state index contributed by atoms with van der Waals surface area (Å²) in [7, 11) is -1.92. The molecule has 0 bridgehead atoms. The predicted molar refractivity (Wildman–Crippen MR) is 49.4 cm³/mol. The lowest BCUT2D eigenvalue weighted by Crippen LogP contribution is -2.45. The van der Waals surface area contributed by atoms with Gasteiger partial charge in [-0.3, -0.25) is 0 Å². The van der Waals surface area contributed by atoms with Gasteiger partial charge in [0.05, 0.1) is 6.61 Å². The van der Waals surface area contributed by atoms with Crippen LogP contribution in [0.15, 0.2) is 0 Å². The summed E-state index contributed by atoms with van der Waals surface area (Å²) in [5.74, 6) is 0. The zero-order chi connectivity index (χ0) is 10.1. The predicted octanol–water partition coefficient (Wildman–Crippen LogP) is -0.704. The lowest BCUT2D eigenvalue weighted by Gasteiger charge is -2.22. The summed E-state index contributed by atoms with van der Waals surface area (Å²) in [6.07, 6.45) is 1.83. The molecule has 0 saturated heterocycles. The summed E-state index contributed by atoms with van der Waals surface area (Å²) >= 11 is 0. The Morgan fingerprint density at radius 3 is 2.54 bits per heavy atom. The van der Waals surface area contributed by atoms with E-state index in [9.17, 15) is 8.42 Å². The van der Waals surface area contributed by atoms with E-state index in [0.29, 0.717) is 0 Å². The van der Waals surface area contributed by atoms with Crippen molar-refractivity contribution >= 4 is 10.2 Å². The molecule has 1 rings (SSSR count). The van der Waals surface area contributed by atoms with E-state index in [1.807, 2.05) is 0 Å². The first-order chi connectivity index (χ1) is 5.97. The molecule has 1 aliphatic rings. The van der Waals surface area contributed by atoms with Gasteiger partial charge in [0, 0.05) is 19.1 Å². The molecule has 0 aromatic carbocycles. The number of aliphatic hydroxyl groups excluding tert-OH is 1. The van der Waals surface area contributed by atoms with Crippen molar-refractivity contribution in [3.05, 3.63) is 0 Å². The van der Waals surface area contributed by atoms with Gasteiger partial charge >= 0.3 is 0 Å². The minimum atomic E-state index is -3.39. The third-order valence-electron chi connectivity index (χ3n) is 2.16. The van der Waals surface area contributed by atoms with E-state index in [2.05, 4.69) is 4.72 Å². The van der Waals surface area contributed by atoms with Crippen molar-refractivity contribution in [2.24, 2.45) is 0 Å². The molecule has 0 heterocycles. The highest BCUT2D eigenvalue weighted by Gasteiger charge is 2.30. The Balaban J connectivity index is 2.56. The highest BCUT2D eigenvalue weighted by Crippen LogP contribution is 2.20. The Morgan fingerprint density at radius 2 is 2.15 bits per heavy atom. The van der Waals surface area contributed by atoms with Crippen molar-refractivity contribution < 1.29 is 13.5 Å². The van der Waals surface area contributed by atoms with E-state index in [1.165, 1.54) is 7.05 Å². The molecule has 1 unspecified atom stereocenters. The van der Waals surface area contributed by atoms with Crippen molar-refractivity contribution in [1.29, 1.82) is 0 Å². The van der Waals surface area contributed by atoms with E-state index in [1.54, 1.807) is 6.92 Å². The number of hydrogen-bond donors (Lipinski definition) is 2. The fourth-order valence-corrected chi connectivity index (χ4v) is 2.21. The monoisotopic (exact) mass is 208 g/mol. The summed E-state index contributed by atoms with van der Waals surface area (Å²) in [6, 6.07) is -0.269. The van der Waals surface area contributed by atoms with Crippen LogP contribution in [0.1, 0.15) is 19.8 Å². The van der Waals surface area contributed by atoms with Crippen LogP contribution in [-0.4, -0.2) is 43.6 Å². The van der Waals surface area contributed by atoms with Crippen molar-refractivity contribution in [2.45, 2.75) is 31.8 Å². The van der Waals surface area contributed by atoms with Gasteiger partial charge in [0.15, 0.2) is 0 Å². The minimum Gasteiger partial charge on any atom is -0.395 e. The Kier molecular flexibility index (Phi) is 3.28. The SMILES string of the molecule is CC(CO)N(C)S(=O)(=O)NC1CC1. The molecule has 2 N–H and O–H groups in total. The van der Waals surface area contributed by atoms with Crippen LogP contribution in [-0.2, 0) is 10.2 Å². The molecule has 0 spiro atoms. The Bertz CT molecular complexity index is 261. The van der Waals surface area contributed by atoms with Crippen LogP contribution in [0, 0.1) is 0 Å². The highest BCUT2D eigenvalue weighted by atomic mass is 32.2. The summed E-state index contributed by atoms with van der Waals surface area (Å²) in [5.41, 5.74) is 0. The van der Waals surface area contributed by atoms with E-state index >= 15 is 0 Å². The molecule has 0 radical (unpaired) electrons. The molecular weight excluding hydrogens is 192 g/mol. The fraction of sp³-hybridized carbons (Fsp3) is 1.00. The summed E-state index contributed by atoms with van der Waals surface area (Å²) in [6.45, 7) is 1.49. The molecule has 6 heteroatoms. The molecular formula is C7H16N2O3S. The molecule has 78 valence electrons. The molecule has 1 atom stereocenters. The number of aliphatic hydroxyl groups is 1. The first-order valence-corrected chi connectivity index (χ1v) is 5.77. The average Bonchev–Trinajstić information content (AvgIpc) is 2.84. The largest absolute Gasteiger partial charge is 0.395 e. The second-order valence-corrected chi connectivity index (χ2v) is 5.21. The zero-order valence-corrected chi connectivity index (χ0v) is 8.71. The summed E-state index contributed by atoms with van der Waals surface area (Å²) in [5, 5.41) is 8.78. The van der Waals surface area contributed by atoms with E-state index in [-0.39, 0.29) is 18.7 Å². The minimum absolute atomic E-state index is 0.110. The van der Waals surface area contributed by atoms with Gasteiger partial charge < -0.3 is 5.11 Å². The molecule has 0 amide bonds. The van der Waals surface area contributed by atoms with Crippen molar-refractivity contribution in [3.63, 3.8) is 0 Å². The van der Waals surface area contributed by atoms with Gasteiger partial charge in [0.2, 0.25) is 0 Å². The smallest absolute Gasteiger partial charge is 0.279 e. The third-order valence-corrected chi connectivity index (χ3v) is 3.91. The molecule has 1 aliphatic carbocycles. The lowest BCUT2D eigenvalue weighted by atomic mass is 10.4. The van der Waals surface area contributed by atoms with Gasteiger partial charge in [-0.05, 0) is 19.8 Å². The normalized spacial score (nSPS) is 20.6. The van der Waals surface area contributed by atoms with Crippen LogP contribution >= 0.6 is 0 Å². The topological polar surface area (TPSA) is 69.6 Å². The second kappa shape index (κ2) is 3.91. The number of nitrogens with one attached hydrogen (secondary N) is 1. The van der Waals surface area contributed by atoms with Gasteiger partial charge in [-0.15, -0.1) is 0 Å². The van der Waals surface area contributed by atoms with Crippen molar-refractivity contribution in [1.82, 2.24) is 9.03 Å². The zero-order valence-electron chi connectivity index (χ0n) is 7.90. The van der Waals surface area contributed by atoms with Crippen LogP contribution in [0.3, 0.4) is 0 Å². The van der Waals surface area contributed by atoms with E-state index < -0.39 is 10.2 Å². The Morgan fingerprint density at radius 1 is 1.62 bits per heavy atom. The Labute approximate surface area is 78.9 Å². The van der Waals surface area contributed by atoms with Gasteiger partial charge in [0.25, 0.3) is 10.2 Å². The molecule has 0 aliphatic heterocycles.